The van der Waals surface area contributed by atoms with Crippen LogP contribution in [0.2, 0.25) is 0 Å². The van der Waals surface area contributed by atoms with Crippen LogP contribution in [-0.4, -0.2) is 30.9 Å². The van der Waals surface area contributed by atoms with Gasteiger partial charge < -0.3 is 4.74 Å². The van der Waals surface area contributed by atoms with Crippen molar-refractivity contribution < 1.29 is 66.5 Å². The summed E-state index contributed by atoms with van der Waals surface area (Å²) in [4.78, 5) is 0. The van der Waals surface area contributed by atoms with E-state index in [9.17, 15) is 57.1 Å². The molecule has 0 amide bonds. The van der Waals surface area contributed by atoms with Gasteiger partial charge in [-0.3, -0.25) is 0 Å². The SMILES string of the molecule is FC(F)(F)C(F)(F)OC(F)(F)C(F)(F)F.FC(F)(F)Oc1ccccc1. The highest BCUT2D eigenvalue weighted by Gasteiger charge is 2.70. The number of benzene rings is 1. The second-order valence-corrected chi connectivity index (χ2v) is 3.99. The number of hydrogen-bond donors (Lipinski definition) is 0. The smallest absolute Gasteiger partial charge is 0.406 e. The fourth-order valence-corrected chi connectivity index (χ4v) is 0.899. The molecule has 0 spiro atoms. The summed E-state index contributed by atoms with van der Waals surface area (Å²) in [7, 11) is 0. The second kappa shape index (κ2) is 7.75. The molecule has 15 heteroatoms. The Bertz CT molecular complexity index is 520. The Balaban J connectivity index is 0.000000502. The van der Waals surface area contributed by atoms with Crippen LogP contribution in [0.1, 0.15) is 0 Å². The van der Waals surface area contributed by atoms with E-state index in [0.29, 0.717) is 0 Å². The summed E-state index contributed by atoms with van der Waals surface area (Å²) in [5.41, 5.74) is 0. The molecule has 0 unspecified atom stereocenters. The molecule has 0 heterocycles. The predicted octanol–water partition coefficient (Wildman–Crippen LogP) is 5.90. The van der Waals surface area contributed by atoms with E-state index >= 15 is 0 Å². The Morgan fingerprint density at radius 3 is 1.15 bits per heavy atom. The Morgan fingerprint density at radius 2 is 0.885 bits per heavy atom. The molecule has 1 aromatic rings. The monoisotopic (exact) mass is 416 g/mol. The average Bonchev–Trinajstić information content (AvgIpc) is 2.34. The third kappa shape index (κ3) is 7.97. The lowest BCUT2D eigenvalue weighted by Gasteiger charge is -2.26. The van der Waals surface area contributed by atoms with Crippen LogP contribution in [0.25, 0.3) is 0 Å². The first-order valence-corrected chi connectivity index (χ1v) is 5.68. The van der Waals surface area contributed by atoms with Crippen molar-refractivity contribution in [1.29, 1.82) is 0 Å². The molecular formula is C11H5F13O2. The van der Waals surface area contributed by atoms with Crippen molar-refractivity contribution >= 4 is 0 Å². The van der Waals surface area contributed by atoms with E-state index in [0.717, 1.165) is 0 Å². The fourth-order valence-electron chi connectivity index (χ4n) is 0.899. The van der Waals surface area contributed by atoms with Gasteiger partial charge in [-0.05, 0) is 12.1 Å². The quantitative estimate of drug-likeness (QED) is 0.572. The molecule has 26 heavy (non-hydrogen) atoms. The van der Waals surface area contributed by atoms with Crippen molar-refractivity contribution in [3.8, 4) is 5.75 Å². The van der Waals surface area contributed by atoms with E-state index in [1.165, 1.54) is 29.0 Å². The van der Waals surface area contributed by atoms with Gasteiger partial charge in [-0.2, -0.15) is 43.9 Å². The number of para-hydroxylation sites is 1. The van der Waals surface area contributed by atoms with Crippen molar-refractivity contribution in [2.75, 3.05) is 0 Å². The number of halogens is 13. The van der Waals surface area contributed by atoms with E-state index in [1.807, 2.05) is 0 Å². The molecule has 0 aromatic heterocycles. The lowest BCUT2D eigenvalue weighted by atomic mass is 10.3. The maximum Gasteiger partial charge on any atom is 0.573 e. The summed E-state index contributed by atoms with van der Waals surface area (Å²) in [5.74, 6) is -0.194. The molecule has 1 rings (SSSR count). The maximum absolute atomic E-state index is 11.6. The zero-order valence-corrected chi connectivity index (χ0v) is 11.6. The average molecular weight is 416 g/mol. The molecule has 0 fully saturated rings. The van der Waals surface area contributed by atoms with Gasteiger partial charge in [0.05, 0.1) is 0 Å². The molecule has 0 aliphatic carbocycles. The van der Waals surface area contributed by atoms with Crippen molar-refractivity contribution in [3.63, 3.8) is 0 Å². The maximum atomic E-state index is 11.6. The topological polar surface area (TPSA) is 18.5 Å². The Hall–Kier alpha value is -1.93. The Labute approximate surface area is 135 Å². The zero-order chi connectivity index (χ0) is 21.0. The van der Waals surface area contributed by atoms with Crippen LogP contribution >= 0.6 is 0 Å². The first kappa shape index (κ1) is 24.1. The van der Waals surface area contributed by atoms with Gasteiger partial charge in [-0.15, -0.1) is 13.2 Å². The van der Waals surface area contributed by atoms with E-state index in [-0.39, 0.29) is 5.75 Å². The van der Waals surface area contributed by atoms with Crippen molar-refractivity contribution in [2.24, 2.45) is 0 Å². The molecule has 1 aromatic carbocycles. The van der Waals surface area contributed by atoms with E-state index in [1.54, 1.807) is 6.07 Å². The Morgan fingerprint density at radius 1 is 0.538 bits per heavy atom. The zero-order valence-electron chi connectivity index (χ0n) is 11.6. The number of rotatable bonds is 3. The lowest BCUT2D eigenvalue weighted by Crippen LogP contribution is -2.50. The molecule has 0 saturated heterocycles. The van der Waals surface area contributed by atoms with Crippen LogP contribution in [-0.2, 0) is 4.74 Å². The van der Waals surface area contributed by atoms with Crippen LogP contribution in [0, 0.1) is 0 Å². The van der Waals surface area contributed by atoms with Gasteiger partial charge in [0.25, 0.3) is 0 Å². The Kier molecular flexibility index (Phi) is 7.18. The van der Waals surface area contributed by atoms with Gasteiger partial charge in [0.2, 0.25) is 0 Å². The third-order valence-electron chi connectivity index (χ3n) is 1.89. The molecule has 0 N–H and O–H groups in total. The summed E-state index contributed by atoms with van der Waals surface area (Å²) < 4.78 is 153. The highest BCUT2D eigenvalue weighted by Crippen LogP contribution is 2.45. The molecule has 2 nitrogen and oxygen atoms in total. The van der Waals surface area contributed by atoms with Crippen LogP contribution in [0.5, 0.6) is 5.75 Å². The summed E-state index contributed by atoms with van der Waals surface area (Å²) in [6.45, 7) is 0. The van der Waals surface area contributed by atoms with Gasteiger partial charge in [0.1, 0.15) is 5.75 Å². The van der Waals surface area contributed by atoms with Gasteiger partial charge in [0, 0.05) is 0 Å². The summed E-state index contributed by atoms with van der Waals surface area (Å²) >= 11 is 0. The number of ether oxygens (including phenoxy) is 2. The second-order valence-electron chi connectivity index (χ2n) is 3.99. The van der Waals surface area contributed by atoms with Crippen LogP contribution in [0.4, 0.5) is 57.1 Å². The minimum Gasteiger partial charge on any atom is -0.406 e. The number of hydrogen-bond acceptors (Lipinski definition) is 2. The molecule has 152 valence electrons. The fraction of sp³-hybridized carbons (Fsp3) is 0.455. The summed E-state index contributed by atoms with van der Waals surface area (Å²) in [6, 6.07) is 7.05. The molecule has 0 aliphatic rings. The molecule has 0 radical (unpaired) electrons. The molecule has 0 bridgehead atoms. The van der Waals surface area contributed by atoms with Crippen molar-refractivity contribution in [2.45, 2.75) is 30.9 Å². The minimum absolute atomic E-state index is 0.194. The summed E-state index contributed by atoms with van der Waals surface area (Å²) in [5, 5.41) is 0. The standard InChI is InChI=1S/C7H5F3O.C4F10O/c8-7(9,10)11-6-4-2-1-3-5-6;5-1(6,7)3(11,12)15-4(13,14)2(8,9)10/h1-5H;. The third-order valence-corrected chi connectivity index (χ3v) is 1.89. The highest BCUT2D eigenvalue weighted by atomic mass is 19.4. The van der Waals surface area contributed by atoms with Gasteiger partial charge >= 0.3 is 30.9 Å². The molecule has 0 saturated carbocycles. The first-order chi connectivity index (χ1) is 11.3. The first-order valence-electron chi connectivity index (χ1n) is 5.68. The molecule has 0 aliphatic heterocycles. The predicted molar refractivity (Wildman–Crippen MR) is 56.2 cm³/mol. The normalized spacial score (nSPS) is 13.7. The number of alkyl halides is 13. The largest absolute Gasteiger partial charge is 0.573 e. The van der Waals surface area contributed by atoms with Gasteiger partial charge in [0.15, 0.2) is 0 Å². The van der Waals surface area contributed by atoms with Crippen LogP contribution < -0.4 is 4.74 Å². The van der Waals surface area contributed by atoms with Gasteiger partial charge in [-0.1, -0.05) is 18.2 Å². The lowest BCUT2D eigenvalue weighted by molar-refractivity contribution is -0.501. The van der Waals surface area contributed by atoms with Crippen LogP contribution in [0.15, 0.2) is 30.3 Å². The highest BCUT2D eigenvalue weighted by molar-refractivity contribution is 5.20. The minimum atomic E-state index is -6.66. The molecular weight excluding hydrogens is 411 g/mol. The van der Waals surface area contributed by atoms with E-state index < -0.39 is 30.9 Å². The summed E-state index contributed by atoms with van der Waals surface area (Å²) in [6.07, 6.45) is -31.1. The van der Waals surface area contributed by atoms with Crippen molar-refractivity contribution in [1.82, 2.24) is 0 Å². The molecule has 0 atom stereocenters. The van der Waals surface area contributed by atoms with Crippen molar-refractivity contribution in [3.05, 3.63) is 30.3 Å². The van der Waals surface area contributed by atoms with E-state index in [4.69, 9.17) is 0 Å². The van der Waals surface area contributed by atoms with E-state index in [2.05, 4.69) is 4.74 Å². The van der Waals surface area contributed by atoms with Gasteiger partial charge in [-0.25, -0.2) is 4.74 Å². The van der Waals surface area contributed by atoms with Crippen LogP contribution in [0.3, 0.4) is 0 Å².